The molecule has 0 radical (unpaired) electrons. The van der Waals surface area contributed by atoms with Gasteiger partial charge in [0.25, 0.3) is 11.9 Å². The van der Waals surface area contributed by atoms with Gasteiger partial charge in [-0.1, -0.05) is 0 Å². The second kappa shape index (κ2) is 10.8. The number of nitrogens with two attached hydrogens (primary N) is 1. The van der Waals surface area contributed by atoms with E-state index in [9.17, 15) is 13.6 Å². The van der Waals surface area contributed by atoms with Gasteiger partial charge in [0.2, 0.25) is 0 Å². The first kappa shape index (κ1) is 26.2. The van der Waals surface area contributed by atoms with Crippen molar-refractivity contribution in [1.82, 2.24) is 24.6 Å². The van der Waals surface area contributed by atoms with Crippen LogP contribution >= 0.6 is 11.6 Å². The quantitative estimate of drug-likeness (QED) is 0.337. The third-order valence-electron chi connectivity index (χ3n) is 6.68. The van der Waals surface area contributed by atoms with Crippen LogP contribution in [-0.2, 0) is 24.2 Å². The van der Waals surface area contributed by atoms with Crippen LogP contribution < -0.4 is 15.7 Å². The van der Waals surface area contributed by atoms with Crippen molar-refractivity contribution in [1.29, 1.82) is 0 Å². The number of alkyl halides is 3. The Balaban J connectivity index is 1.59. The van der Waals surface area contributed by atoms with Crippen molar-refractivity contribution >= 4 is 34.8 Å². The number of amides is 1. The number of piperazine rings is 1. The van der Waals surface area contributed by atoms with Crippen molar-refractivity contribution in [3.63, 3.8) is 0 Å². The Hall–Kier alpha value is -3.42. The van der Waals surface area contributed by atoms with Crippen LogP contribution in [0.4, 0.5) is 30.5 Å². The van der Waals surface area contributed by atoms with Gasteiger partial charge in [0.1, 0.15) is 11.5 Å². The highest BCUT2D eigenvalue weighted by Crippen LogP contribution is 2.37. The van der Waals surface area contributed by atoms with Gasteiger partial charge in [0.15, 0.2) is 5.69 Å². The molecule has 0 spiro atoms. The van der Waals surface area contributed by atoms with E-state index in [0.29, 0.717) is 59.2 Å². The van der Waals surface area contributed by atoms with Gasteiger partial charge in [-0.25, -0.2) is 14.4 Å². The molecule has 38 heavy (non-hydrogen) atoms. The molecule has 202 valence electrons. The first-order chi connectivity index (χ1) is 18.3. The van der Waals surface area contributed by atoms with E-state index >= 15 is 4.39 Å². The molecule has 5 rings (SSSR count). The number of fused-ring (bicyclic) bond motifs is 3. The molecule has 0 bridgehead atoms. The van der Waals surface area contributed by atoms with E-state index in [1.54, 1.807) is 6.07 Å². The molecule has 1 aromatic carbocycles. The van der Waals surface area contributed by atoms with E-state index in [1.165, 1.54) is 23.0 Å². The summed E-state index contributed by atoms with van der Waals surface area (Å²) < 4.78 is 43.8. The lowest BCUT2D eigenvalue weighted by atomic mass is 9.93. The fraction of sp³-hybridized carbons (Fsp3) is 0.417. The molecule has 1 saturated heterocycles. The predicted octanol–water partition coefficient (Wildman–Crippen LogP) is 2.96. The number of rotatable bonds is 8. The van der Waals surface area contributed by atoms with Gasteiger partial charge in [-0.05, 0) is 43.7 Å². The van der Waals surface area contributed by atoms with Gasteiger partial charge in [0.05, 0.1) is 17.9 Å². The summed E-state index contributed by atoms with van der Waals surface area (Å²) in [5.41, 5.74) is 8.18. The molecule has 14 heteroatoms. The maximum absolute atomic E-state index is 15.1. The fourth-order valence-electron chi connectivity index (χ4n) is 4.79. The number of carbonyl (C=O) groups excluding carboxylic acids is 1. The lowest BCUT2D eigenvalue weighted by Crippen LogP contribution is -2.44. The number of anilines is 3. The largest absolute Gasteiger partial charge is 0.369 e. The van der Waals surface area contributed by atoms with Gasteiger partial charge < -0.3 is 15.5 Å². The zero-order valence-corrected chi connectivity index (χ0v) is 21.3. The topological polar surface area (TPSA) is 106 Å². The van der Waals surface area contributed by atoms with Crippen LogP contribution in [-0.4, -0.2) is 76.3 Å². The zero-order chi connectivity index (χ0) is 27.0. The number of benzene rings is 1. The summed E-state index contributed by atoms with van der Waals surface area (Å²) in [5.74, 6) is -1.58. The highest BCUT2D eigenvalue weighted by molar-refractivity contribution is 6.17. The van der Waals surface area contributed by atoms with Crippen LogP contribution in [0.5, 0.6) is 0 Å². The van der Waals surface area contributed by atoms with Crippen LogP contribution in [0.15, 0.2) is 24.4 Å². The third-order valence-corrected chi connectivity index (χ3v) is 6.85. The number of nitrogens with zero attached hydrogens (tertiary/aromatic N) is 7. The minimum Gasteiger partial charge on any atom is -0.369 e. The number of aryl methyl sites for hydroxylation is 2. The maximum atomic E-state index is 15.1. The molecule has 1 fully saturated rings. The molecule has 2 aliphatic rings. The van der Waals surface area contributed by atoms with Crippen molar-refractivity contribution in [3.8, 4) is 11.4 Å². The fourth-order valence-corrected chi connectivity index (χ4v) is 4.95. The Kier molecular flexibility index (Phi) is 7.41. The number of carbonyl (C=O) groups is 1. The summed E-state index contributed by atoms with van der Waals surface area (Å²) in [6.45, 7) is -0.00762. The molecule has 1 aliphatic heterocycles. The number of hydrogen-bond acceptors (Lipinski definition) is 8. The monoisotopic (exact) mass is 550 g/mol. The first-order valence-electron chi connectivity index (χ1n) is 12.1. The minimum absolute atomic E-state index is 0.0996. The van der Waals surface area contributed by atoms with E-state index in [2.05, 4.69) is 20.0 Å². The Morgan fingerprint density at radius 1 is 1.24 bits per heavy atom. The van der Waals surface area contributed by atoms with Gasteiger partial charge in [-0.2, -0.15) is 23.8 Å². The number of primary amides is 1. The minimum atomic E-state index is -3.28. The highest BCUT2D eigenvalue weighted by Gasteiger charge is 2.31. The van der Waals surface area contributed by atoms with Crippen LogP contribution in [0.1, 0.15) is 21.6 Å². The van der Waals surface area contributed by atoms with Crippen LogP contribution in [0.3, 0.4) is 0 Å². The maximum Gasteiger partial charge on any atom is 0.365 e. The predicted molar refractivity (Wildman–Crippen MR) is 135 cm³/mol. The second-order valence-electron chi connectivity index (χ2n) is 9.08. The van der Waals surface area contributed by atoms with Gasteiger partial charge in [-0.15, -0.1) is 11.6 Å². The van der Waals surface area contributed by atoms with Crippen LogP contribution in [0.25, 0.3) is 11.4 Å². The van der Waals surface area contributed by atoms with E-state index in [1.807, 2.05) is 11.9 Å². The normalized spacial score (nSPS) is 15.5. The lowest BCUT2D eigenvalue weighted by molar-refractivity contribution is -0.130. The summed E-state index contributed by atoms with van der Waals surface area (Å²) in [6, 6.07) is 4.25. The average Bonchev–Trinajstić information content (AvgIpc) is 3.27. The second-order valence-corrected chi connectivity index (χ2v) is 9.46. The molecule has 10 nitrogen and oxygen atoms in total. The van der Waals surface area contributed by atoms with Crippen molar-refractivity contribution < 1.29 is 22.8 Å². The first-order valence-corrected chi connectivity index (χ1v) is 12.6. The summed E-state index contributed by atoms with van der Waals surface area (Å²) in [5, 5.41) is 4.91. The number of halogens is 4. The molecular weight excluding hydrogens is 525 g/mol. The van der Waals surface area contributed by atoms with Crippen molar-refractivity contribution in [2.75, 3.05) is 49.1 Å². The summed E-state index contributed by atoms with van der Waals surface area (Å²) in [6.07, 6.45) is 2.41. The number of aromatic nitrogens is 4. The van der Waals surface area contributed by atoms with Gasteiger partial charge >= 0.3 is 6.61 Å². The molecule has 0 unspecified atom stereocenters. The standard InChI is InChI=1S/C24H26ClF3N8O2/c1-33-8-10-34(11-9-33)15-3-5-17(26)18(12-15)36(38-23(27)28)24-30-13-14-2-4-16-20(22(29)37)32-35(7-6-25)21(16)19(14)31-24/h3,5,12-13,23H,2,4,6-11H2,1H3,(H2,29,37). The van der Waals surface area contributed by atoms with E-state index in [-0.39, 0.29) is 29.8 Å². The molecule has 0 atom stereocenters. The Morgan fingerprint density at radius 3 is 2.68 bits per heavy atom. The molecule has 2 aromatic heterocycles. The number of hydrogen-bond donors (Lipinski definition) is 1. The zero-order valence-electron chi connectivity index (χ0n) is 20.6. The molecule has 3 heterocycles. The summed E-state index contributed by atoms with van der Waals surface area (Å²) >= 11 is 5.95. The number of likely N-dealkylation sites (N-methyl/N-ethyl adjacent to an activating group) is 1. The highest BCUT2D eigenvalue weighted by atomic mass is 35.5. The van der Waals surface area contributed by atoms with Crippen LogP contribution in [0.2, 0.25) is 0 Å². The third kappa shape index (κ3) is 5.00. The Labute approximate surface area is 221 Å². The molecular formula is C24H26ClF3N8O2. The Morgan fingerprint density at radius 2 is 2.00 bits per heavy atom. The molecule has 0 saturated carbocycles. The van der Waals surface area contributed by atoms with Crippen molar-refractivity contribution in [2.45, 2.75) is 26.0 Å². The molecule has 1 aliphatic carbocycles. The lowest BCUT2D eigenvalue weighted by Gasteiger charge is -2.34. The SMILES string of the molecule is CN1CCN(c2ccc(F)c(N(OC(F)F)c3ncc4c(n3)-c3c(c(C(N)=O)nn3CCCl)CC4)c2)CC1. The molecule has 2 N–H and O–H groups in total. The van der Waals surface area contributed by atoms with Gasteiger partial charge in [0, 0.05) is 49.5 Å². The van der Waals surface area contributed by atoms with Crippen molar-refractivity contribution in [3.05, 3.63) is 47.0 Å². The van der Waals surface area contributed by atoms with Crippen LogP contribution in [0, 0.1) is 5.82 Å². The van der Waals surface area contributed by atoms with E-state index in [4.69, 9.17) is 22.2 Å². The molecule has 3 aromatic rings. The summed E-state index contributed by atoms with van der Waals surface area (Å²) in [7, 11) is 2.01. The average molecular weight is 551 g/mol. The van der Waals surface area contributed by atoms with Crippen molar-refractivity contribution in [2.24, 2.45) is 5.73 Å². The summed E-state index contributed by atoms with van der Waals surface area (Å²) in [4.78, 5) is 29.7. The van der Waals surface area contributed by atoms with E-state index < -0.39 is 18.3 Å². The smallest absolute Gasteiger partial charge is 0.365 e. The molecule has 1 amide bonds. The van der Waals surface area contributed by atoms with Gasteiger partial charge in [-0.3, -0.25) is 9.48 Å². The van der Waals surface area contributed by atoms with E-state index in [0.717, 1.165) is 13.1 Å². The Bertz CT molecular complexity index is 1350.